The number of hydrogen-bond donors (Lipinski definition) is 1. The molecule has 1 heterocycles. The molecule has 1 N–H and O–H groups in total. The smallest absolute Gasteiger partial charge is 0.231 e. The van der Waals surface area contributed by atoms with E-state index < -0.39 is 0 Å². The molecular weight excluding hydrogens is 184 g/mol. The van der Waals surface area contributed by atoms with Gasteiger partial charge in [-0.25, -0.2) is 0 Å². The van der Waals surface area contributed by atoms with Gasteiger partial charge in [0, 0.05) is 12.0 Å². The SMILES string of the molecule is CC(=O)Cc1c(O)ccc2c1OCO2. The van der Waals surface area contributed by atoms with E-state index in [2.05, 4.69) is 0 Å². The van der Waals surface area contributed by atoms with Crippen molar-refractivity contribution >= 4 is 5.78 Å². The van der Waals surface area contributed by atoms with Gasteiger partial charge >= 0.3 is 0 Å². The van der Waals surface area contributed by atoms with Crippen LogP contribution in [-0.4, -0.2) is 17.7 Å². The number of fused-ring (bicyclic) bond motifs is 1. The molecule has 0 bridgehead atoms. The average Bonchev–Trinajstić information content (AvgIpc) is 2.57. The molecule has 4 nitrogen and oxygen atoms in total. The van der Waals surface area contributed by atoms with Gasteiger partial charge in [-0.05, 0) is 19.1 Å². The van der Waals surface area contributed by atoms with Gasteiger partial charge in [0.15, 0.2) is 11.5 Å². The monoisotopic (exact) mass is 194 g/mol. The molecule has 0 aromatic heterocycles. The second-order valence-electron chi connectivity index (χ2n) is 3.18. The molecule has 0 radical (unpaired) electrons. The number of carbonyl (C=O) groups excluding carboxylic acids is 1. The van der Waals surface area contributed by atoms with Crippen LogP contribution in [0.5, 0.6) is 17.2 Å². The number of ether oxygens (including phenoxy) is 2. The molecule has 0 aliphatic carbocycles. The third-order valence-corrected chi connectivity index (χ3v) is 2.04. The topological polar surface area (TPSA) is 55.8 Å². The maximum atomic E-state index is 11.0. The molecule has 0 atom stereocenters. The minimum Gasteiger partial charge on any atom is -0.508 e. The standard InChI is InChI=1S/C10H10O4/c1-6(11)4-7-8(12)2-3-9-10(7)14-5-13-9/h2-3,12H,4-5H2,1H3. The highest BCUT2D eigenvalue weighted by atomic mass is 16.7. The Morgan fingerprint density at radius 2 is 2.29 bits per heavy atom. The number of phenols is 1. The van der Waals surface area contributed by atoms with Crippen molar-refractivity contribution in [2.24, 2.45) is 0 Å². The highest BCUT2D eigenvalue weighted by Crippen LogP contribution is 2.40. The van der Waals surface area contributed by atoms with Crippen molar-refractivity contribution in [3.05, 3.63) is 17.7 Å². The summed E-state index contributed by atoms with van der Waals surface area (Å²) >= 11 is 0. The normalized spacial score (nSPS) is 12.9. The molecular formula is C10H10O4. The number of benzene rings is 1. The van der Waals surface area contributed by atoms with E-state index in [1.54, 1.807) is 6.07 Å². The van der Waals surface area contributed by atoms with Gasteiger partial charge in [-0.2, -0.15) is 0 Å². The molecule has 0 amide bonds. The third kappa shape index (κ3) is 1.39. The van der Waals surface area contributed by atoms with Crippen LogP contribution in [-0.2, 0) is 11.2 Å². The summed E-state index contributed by atoms with van der Waals surface area (Å²) in [5.41, 5.74) is 0.507. The Labute approximate surface area is 81.1 Å². The number of ketones is 1. The summed E-state index contributed by atoms with van der Waals surface area (Å²) in [5.74, 6) is 1.12. The maximum absolute atomic E-state index is 11.0. The van der Waals surface area contributed by atoms with Crippen LogP contribution < -0.4 is 9.47 Å². The molecule has 1 aromatic carbocycles. The quantitative estimate of drug-likeness (QED) is 0.769. The Hall–Kier alpha value is -1.71. The molecule has 0 spiro atoms. The van der Waals surface area contributed by atoms with E-state index in [9.17, 15) is 9.90 Å². The molecule has 1 aliphatic rings. The van der Waals surface area contributed by atoms with Gasteiger partial charge in [0.1, 0.15) is 11.5 Å². The third-order valence-electron chi connectivity index (χ3n) is 2.04. The first-order valence-corrected chi connectivity index (χ1v) is 4.28. The summed E-state index contributed by atoms with van der Waals surface area (Å²) in [6, 6.07) is 3.13. The Morgan fingerprint density at radius 3 is 3.00 bits per heavy atom. The van der Waals surface area contributed by atoms with Crippen molar-refractivity contribution in [3.8, 4) is 17.2 Å². The Balaban J connectivity index is 2.46. The Kier molecular flexibility index (Phi) is 2.04. The summed E-state index contributed by atoms with van der Waals surface area (Å²) in [7, 11) is 0. The van der Waals surface area contributed by atoms with Crippen molar-refractivity contribution in [1.29, 1.82) is 0 Å². The lowest BCUT2D eigenvalue weighted by Crippen LogP contribution is -1.99. The zero-order valence-electron chi connectivity index (χ0n) is 7.74. The zero-order chi connectivity index (χ0) is 10.1. The predicted octanol–water partition coefficient (Wildman–Crippen LogP) is 1.25. The first kappa shape index (κ1) is 8.87. The van der Waals surface area contributed by atoms with E-state index in [1.807, 2.05) is 0 Å². The van der Waals surface area contributed by atoms with Crippen LogP contribution in [0.25, 0.3) is 0 Å². The van der Waals surface area contributed by atoms with E-state index in [-0.39, 0.29) is 24.7 Å². The summed E-state index contributed by atoms with van der Waals surface area (Å²) < 4.78 is 10.3. The second-order valence-corrected chi connectivity index (χ2v) is 3.18. The molecule has 74 valence electrons. The van der Waals surface area contributed by atoms with Gasteiger partial charge in [0.25, 0.3) is 0 Å². The Bertz CT molecular complexity index is 384. The molecule has 4 heteroatoms. The van der Waals surface area contributed by atoms with Crippen LogP contribution in [0.2, 0.25) is 0 Å². The van der Waals surface area contributed by atoms with Crippen molar-refractivity contribution < 1.29 is 19.4 Å². The van der Waals surface area contributed by atoms with Crippen LogP contribution in [0.4, 0.5) is 0 Å². The van der Waals surface area contributed by atoms with E-state index in [0.29, 0.717) is 17.1 Å². The van der Waals surface area contributed by atoms with Gasteiger partial charge in [0.2, 0.25) is 6.79 Å². The van der Waals surface area contributed by atoms with E-state index >= 15 is 0 Å². The molecule has 0 fully saturated rings. The fraction of sp³-hybridized carbons (Fsp3) is 0.300. The number of rotatable bonds is 2. The molecule has 1 aliphatic heterocycles. The van der Waals surface area contributed by atoms with Crippen molar-refractivity contribution in [2.45, 2.75) is 13.3 Å². The predicted molar refractivity (Wildman–Crippen MR) is 48.6 cm³/mol. The van der Waals surface area contributed by atoms with Crippen molar-refractivity contribution in [3.63, 3.8) is 0 Å². The first-order chi connectivity index (χ1) is 6.68. The number of phenolic OH excluding ortho intramolecular Hbond substituents is 1. The maximum Gasteiger partial charge on any atom is 0.231 e. The minimum absolute atomic E-state index is 0.0239. The second kappa shape index (κ2) is 3.21. The van der Waals surface area contributed by atoms with Gasteiger partial charge in [-0.1, -0.05) is 0 Å². The fourth-order valence-electron chi connectivity index (χ4n) is 1.44. The van der Waals surface area contributed by atoms with E-state index in [1.165, 1.54) is 13.0 Å². The van der Waals surface area contributed by atoms with Crippen LogP contribution in [0.1, 0.15) is 12.5 Å². The Morgan fingerprint density at radius 1 is 1.50 bits per heavy atom. The summed E-state index contributed by atoms with van der Waals surface area (Å²) in [4.78, 5) is 11.0. The molecule has 1 aromatic rings. The largest absolute Gasteiger partial charge is 0.508 e. The van der Waals surface area contributed by atoms with Crippen LogP contribution in [0.3, 0.4) is 0 Å². The number of carbonyl (C=O) groups is 1. The lowest BCUT2D eigenvalue weighted by molar-refractivity contribution is -0.116. The summed E-state index contributed by atoms with van der Waals surface area (Å²) in [6.45, 7) is 1.61. The van der Waals surface area contributed by atoms with Gasteiger partial charge in [-0.3, -0.25) is 4.79 Å². The summed E-state index contributed by atoms with van der Waals surface area (Å²) in [5, 5.41) is 9.54. The minimum atomic E-state index is -0.0239. The van der Waals surface area contributed by atoms with Crippen molar-refractivity contribution in [1.82, 2.24) is 0 Å². The molecule has 2 rings (SSSR count). The van der Waals surface area contributed by atoms with Gasteiger partial charge in [-0.15, -0.1) is 0 Å². The van der Waals surface area contributed by atoms with E-state index in [4.69, 9.17) is 9.47 Å². The zero-order valence-corrected chi connectivity index (χ0v) is 7.74. The average molecular weight is 194 g/mol. The molecule has 0 unspecified atom stereocenters. The lowest BCUT2D eigenvalue weighted by atomic mass is 10.1. The van der Waals surface area contributed by atoms with E-state index in [0.717, 1.165) is 0 Å². The highest BCUT2D eigenvalue weighted by Gasteiger charge is 2.21. The molecule has 0 saturated heterocycles. The number of Topliss-reactive ketones (excluding diaryl/α,β-unsaturated/α-hetero) is 1. The molecule has 14 heavy (non-hydrogen) atoms. The first-order valence-electron chi connectivity index (χ1n) is 4.28. The van der Waals surface area contributed by atoms with Crippen molar-refractivity contribution in [2.75, 3.05) is 6.79 Å². The molecule has 0 saturated carbocycles. The van der Waals surface area contributed by atoms with Crippen LogP contribution in [0.15, 0.2) is 12.1 Å². The number of hydrogen-bond acceptors (Lipinski definition) is 4. The van der Waals surface area contributed by atoms with Crippen LogP contribution >= 0.6 is 0 Å². The summed E-state index contributed by atoms with van der Waals surface area (Å²) in [6.07, 6.45) is 0.165. The highest BCUT2D eigenvalue weighted by molar-refractivity contribution is 5.80. The van der Waals surface area contributed by atoms with Gasteiger partial charge in [0.05, 0.1) is 0 Å². The number of aromatic hydroxyl groups is 1. The lowest BCUT2D eigenvalue weighted by Gasteiger charge is -2.05. The van der Waals surface area contributed by atoms with Gasteiger partial charge < -0.3 is 14.6 Å². The fourth-order valence-corrected chi connectivity index (χ4v) is 1.44. The van der Waals surface area contributed by atoms with Crippen LogP contribution in [0, 0.1) is 0 Å².